The molecular weight excluding hydrogens is 302 g/mol. The molecule has 5 heteroatoms. The largest absolute Gasteiger partial charge is 0.496 e. The molecule has 2 heterocycles. The zero-order chi connectivity index (χ0) is 16.5. The number of para-hydroxylation sites is 2. The number of hydrogen-bond acceptors (Lipinski definition) is 4. The lowest BCUT2D eigenvalue weighted by molar-refractivity contribution is -0.121. The number of carbonyl (C=O) groups excluding carboxylic acids is 1. The second-order valence-corrected chi connectivity index (χ2v) is 6.23. The summed E-state index contributed by atoms with van der Waals surface area (Å²) in [5, 5.41) is 5.11. The van der Waals surface area contributed by atoms with Gasteiger partial charge in [-0.2, -0.15) is 0 Å². The number of ether oxygens (including phenoxy) is 1. The maximum absolute atomic E-state index is 13.1. The molecule has 3 atom stereocenters. The molecule has 24 heavy (non-hydrogen) atoms. The summed E-state index contributed by atoms with van der Waals surface area (Å²) in [4.78, 5) is 13.1. The maximum atomic E-state index is 13.1. The van der Waals surface area contributed by atoms with Crippen LogP contribution in [0.25, 0.3) is 0 Å². The normalized spacial score (nSPS) is 26.3. The average molecular weight is 323 g/mol. The number of carbonyl (C=O) groups is 1. The number of hydrogen-bond donors (Lipinski definition) is 2. The lowest BCUT2D eigenvalue weighted by Gasteiger charge is -2.32. The van der Waals surface area contributed by atoms with Crippen molar-refractivity contribution < 1.29 is 9.53 Å². The summed E-state index contributed by atoms with van der Waals surface area (Å²) < 4.78 is 5.53. The highest BCUT2D eigenvalue weighted by atomic mass is 16.5. The third-order valence-electron chi connectivity index (χ3n) is 4.94. The van der Waals surface area contributed by atoms with Crippen LogP contribution >= 0.6 is 0 Å². The van der Waals surface area contributed by atoms with Gasteiger partial charge in [-0.1, -0.05) is 36.4 Å². The van der Waals surface area contributed by atoms with Crippen LogP contribution in [0.5, 0.6) is 5.75 Å². The molecular formula is C19H21N3O2. The first kappa shape index (κ1) is 15.2. The summed E-state index contributed by atoms with van der Waals surface area (Å²) in [5.74, 6) is 0.958. The van der Waals surface area contributed by atoms with Crippen LogP contribution in [0.2, 0.25) is 0 Å². The van der Waals surface area contributed by atoms with Crippen molar-refractivity contribution in [2.75, 3.05) is 18.7 Å². The molecule has 2 aliphatic rings. The summed E-state index contributed by atoms with van der Waals surface area (Å²) in [6.07, 6.45) is 0.860. The fourth-order valence-electron chi connectivity index (χ4n) is 3.83. The molecule has 0 bridgehead atoms. The van der Waals surface area contributed by atoms with Crippen LogP contribution in [-0.4, -0.2) is 25.7 Å². The van der Waals surface area contributed by atoms with E-state index >= 15 is 0 Å². The van der Waals surface area contributed by atoms with Gasteiger partial charge in [0, 0.05) is 5.92 Å². The van der Waals surface area contributed by atoms with E-state index in [0.29, 0.717) is 0 Å². The Balaban J connectivity index is 1.68. The molecule has 2 aromatic carbocycles. The number of piperidine rings is 1. The molecule has 2 saturated heterocycles. The van der Waals surface area contributed by atoms with Crippen LogP contribution in [0.15, 0.2) is 54.6 Å². The Hall–Kier alpha value is -2.37. The van der Waals surface area contributed by atoms with Gasteiger partial charge in [0.2, 0.25) is 5.91 Å². The number of nitrogens with zero attached hydrogens (tertiary/aromatic N) is 1. The van der Waals surface area contributed by atoms with Crippen molar-refractivity contribution in [3.05, 3.63) is 60.2 Å². The van der Waals surface area contributed by atoms with Crippen molar-refractivity contribution >= 4 is 11.6 Å². The molecule has 0 radical (unpaired) electrons. The highest BCUT2D eigenvalue weighted by Gasteiger charge is 2.48. The number of fused-ring (bicyclic) bond motifs is 1. The monoisotopic (exact) mass is 323 g/mol. The number of rotatable bonds is 3. The Kier molecular flexibility index (Phi) is 3.96. The van der Waals surface area contributed by atoms with Gasteiger partial charge in [-0.15, -0.1) is 0 Å². The molecule has 2 N–H and O–H groups in total. The van der Waals surface area contributed by atoms with Gasteiger partial charge in [0.15, 0.2) is 0 Å². The van der Waals surface area contributed by atoms with Crippen molar-refractivity contribution in [2.24, 2.45) is 5.92 Å². The van der Waals surface area contributed by atoms with Gasteiger partial charge in [0.1, 0.15) is 5.75 Å². The number of benzene rings is 2. The standard InChI is InChI=1S/C19H21N3O2/c1-24-16-10-6-5-9-14(16)15-11-12-20-18-17(15)19(23)22(21-18)13-7-3-2-4-8-13/h2-10,15,17-18,20-21H,11-12H2,1H3. The van der Waals surface area contributed by atoms with Gasteiger partial charge in [-0.25, -0.2) is 10.4 Å². The van der Waals surface area contributed by atoms with E-state index in [4.69, 9.17) is 4.74 Å². The molecule has 2 aromatic rings. The average Bonchev–Trinajstić information content (AvgIpc) is 2.99. The van der Waals surface area contributed by atoms with Gasteiger partial charge >= 0.3 is 0 Å². The third-order valence-corrected chi connectivity index (χ3v) is 4.94. The SMILES string of the molecule is COc1ccccc1C1CCNC2NN(c3ccccc3)C(=O)C21. The van der Waals surface area contributed by atoms with E-state index in [0.717, 1.165) is 30.0 Å². The molecule has 124 valence electrons. The molecule has 4 rings (SSSR count). The molecule has 0 saturated carbocycles. The predicted molar refractivity (Wildman–Crippen MR) is 92.7 cm³/mol. The molecule has 2 aliphatic heterocycles. The molecule has 0 aliphatic carbocycles. The third kappa shape index (κ3) is 2.46. The lowest BCUT2D eigenvalue weighted by Crippen LogP contribution is -2.50. The minimum atomic E-state index is -0.143. The molecule has 0 spiro atoms. The summed E-state index contributed by atoms with van der Waals surface area (Å²) in [6, 6.07) is 17.7. The summed E-state index contributed by atoms with van der Waals surface area (Å²) in [7, 11) is 1.68. The first-order chi connectivity index (χ1) is 11.8. The number of nitrogens with one attached hydrogen (secondary N) is 2. The summed E-state index contributed by atoms with van der Waals surface area (Å²) in [6.45, 7) is 0.868. The number of hydrazine groups is 1. The van der Waals surface area contributed by atoms with Gasteiger partial charge in [0.05, 0.1) is 24.9 Å². The minimum Gasteiger partial charge on any atom is -0.496 e. The van der Waals surface area contributed by atoms with Crippen LogP contribution in [-0.2, 0) is 4.79 Å². The van der Waals surface area contributed by atoms with E-state index in [1.54, 1.807) is 12.1 Å². The fourth-order valence-corrected chi connectivity index (χ4v) is 3.83. The van der Waals surface area contributed by atoms with E-state index in [9.17, 15) is 4.79 Å². The number of anilines is 1. The first-order valence-electron chi connectivity index (χ1n) is 8.31. The van der Waals surface area contributed by atoms with Gasteiger partial charge < -0.3 is 4.74 Å². The molecule has 0 aromatic heterocycles. The highest BCUT2D eigenvalue weighted by molar-refractivity contribution is 5.97. The Morgan fingerprint density at radius 1 is 1.08 bits per heavy atom. The van der Waals surface area contributed by atoms with Crippen LogP contribution in [0.3, 0.4) is 0 Å². The van der Waals surface area contributed by atoms with Crippen LogP contribution in [0.4, 0.5) is 5.69 Å². The molecule has 2 fully saturated rings. The van der Waals surface area contributed by atoms with Gasteiger partial charge in [0.25, 0.3) is 0 Å². The van der Waals surface area contributed by atoms with Crippen molar-refractivity contribution in [3.63, 3.8) is 0 Å². The van der Waals surface area contributed by atoms with Crippen molar-refractivity contribution in [3.8, 4) is 5.75 Å². The van der Waals surface area contributed by atoms with Crippen molar-refractivity contribution in [2.45, 2.75) is 18.5 Å². The quantitative estimate of drug-likeness (QED) is 0.910. The number of amides is 1. The Morgan fingerprint density at radius 2 is 1.83 bits per heavy atom. The second kappa shape index (κ2) is 6.26. The van der Waals surface area contributed by atoms with E-state index < -0.39 is 0 Å². The smallest absolute Gasteiger partial charge is 0.248 e. The number of methoxy groups -OCH3 is 1. The second-order valence-electron chi connectivity index (χ2n) is 6.23. The predicted octanol–water partition coefficient (Wildman–Crippen LogP) is 2.27. The summed E-state index contributed by atoms with van der Waals surface area (Å²) >= 11 is 0. The molecule has 5 nitrogen and oxygen atoms in total. The topological polar surface area (TPSA) is 53.6 Å². The van der Waals surface area contributed by atoms with E-state index in [2.05, 4.69) is 16.8 Å². The maximum Gasteiger partial charge on any atom is 0.248 e. The highest BCUT2D eigenvalue weighted by Crippen LogP contribution is 2.41. The van der Waals surface area contributed by atoms with E-state index in [1.165, 1.54) is 0 Å². The van der Waals surface area contributed by atoms with Crippen LogP contribution in [0.1, 0.15) is 17.9 Å². The molecule has 1 amide bonds. The first-order valence-corrected chi connectivity index (χ1v) is 8.31. The Morgan fingerprint density at radius 3 is 2.62 bits per heavy atom. The van der Waals surface area contributed by atoms with Crippen molar-refractivity contribution in [1.82, 2.24) is 10.7 Å². The zero-order valence-electron chi connectivity index (χ0n) is 13.6. The summed E-state index contributed by atoms with van der Waals surface area (Å²) in [5.41, 5.74) is 5.31. The lowest BCUT2D eigenvalue weighted by atomic mass is 9.79. The van der Waals surface area contributed by atoms with E-state index in [-0.39, 0.29) is 23.9 Å². The van der Waals surface area contributed by atoms with Gasteiger partial charge in [-0.05, 0) is 36.7 Å². The van der Waals surface area contributed by atoms with Crippen LogP contribution < -0.4 is 20.5 Å². The Labute approximate surface area is 141 Å². The van der Waals surface area contributed by atoms with Crippen molar-refractivity contribution in [1.29, 1.82) is 0 Å². The molecule has 3 unspecified atom stereocenters. The minimum absolute atomic E-state index is 0.0543. The Bertz CT molecular complexity index is 734. The van der Waals surface area contributed by atoms with E-state index in [1.807, 2.05) is 48.5 Å². The van der Waals surface area contributed by atoms with Gasteiger partial charge in [-0.3, -0.25) is 10.1 Å². The fraction of sp³-hybridized carbons (Fsp3) is 0.316. The van der Waals surface area contributed by atoms with Crippen LogP contribution in [0, 0.1) is 5.92 Å². The zero-order valence-corrected chi connectivity index (χ0v) is 13.6.